The molecule has 0 spiro atoms. The van der Waals surface area contributed by atoms with E-state index in [1.54, 1.807) is 0 Å². The minimum atomic E-state index is -0.00641. The summed E-state index contributed by atoms with van der Waals surface area (Å²) in [5.74, 6) is 2.68. The Hall–Kier alpha value is -2.31. The van der Waals surface area contributed by atoms with E-state index in [9.17, 15) is 4.79 Å². The van der Waals surface area contributed by atoms with Gasteiger partial charge in [0.05, 0.1) is 0 Å². The molecule has 2 aromatic carbocycles. The first-order chi connectivity index (χ1) is 10.7. The first-order valence-corrected chi connectivity index (χ1v) is 7.81. The topological polar surface area (TPSA) is 41.1 Å². The van der Waals surface area contributed by atoms with Gasteiger partial charge in [-0.15, -0.1) is 6.42 Å². The van der Waals surface area contributed by atoms with Crippen molar-refractivity contribution in [3.05, 3.63) is 47.5 Å². The fourth-order valence-electron chi connectivity index (χ4n) is 3.78. The van der Waals surface area contributed by atoms with Gasteiger partial charge < -0.3 is 10.6 Å². The van der Waals surface area contributed by atoms with Crippen LogP contribution in [-0.4, -0.2) is 24.0 Å². The molecule has 2 aromatic rings. The molecule has 1 amide bonds. The van der Waals surface area contributed by atoms with E-state index in [0.717, 1.165) is 29.2 Å². The molecular weight excluding hydrogens is 272 g/mol. The van der Waals surface area contributed by atoms with Gasteiger partial charge in [0.2, 0.25) is 0 Å². The molecule has 2 aliphatic rings. The second-order valence-electron chi connectivity index (χ2n) is 6.25. The number of benzene rings is 2. The molecule has 0 radical (unpaired) electrons. The third-order valence-electron chi connectivity index (χ3n) is 4.92. The van der Waals surface area contributed by atoms with Crippen LogP contribution in [0.1, 0.15) is 35.2 Å². The van der Waals surface area contributed by atoms with Crippen LogP contribution in [-0.2, 0) is 0 Å². The van der Waals surface area contributed by atoms with E-state index in [1.165, 1.54) is 6.42 Å². The van der Waals surface area contributed by atoms with Crippen molar-refractivity contribution in [3.8, 4) is 12.3 Å². The zero-order valence-electron chi connectivity index (χ0n) is 12.3. The largest absolute Gasteiger partial charge is 0.348 e. The number of rotatable bonds is 2. The summed E-state index contributed by atoms with van der Waals surface area (Å²) < 4.78 is 0. The van der Waals surface area contributed by atoms with Crippen LogP contribution < -0.4 is 10.6 Å². The fourth-order valence-corrected chi connectivity index (χ4v) is 3.78. The van der Waals surface area contributed by atoms with E-state index in [1.807, 2.05) is 36.4 Å². The van der Waals surface area contributed by atoms with Gasteiger partial charge in [-0.1, -0.05) is 24.1 Å². The molecule has 2 fully saturated rings. The van der Waals surface area contributed by atoms with E-state index < -0.39 is 0 Å². The molecule has 2 bridgehead atoms. The lowest BCUT2D eigenvalue weighted by molar-refractivity contribution is 0.0931. The minimum absolute atomic E-state index is 0.00641. The van der Waals surface area contributed by atoms with Crippen molar-refractivity contribution in [1.29, 1.82) is 0 Å². The van der Waals surface area contributed by atoms with E-state index in [4.69, 9.17) is 6.42 Å². The van der Waals surface area contributed by atoms with Gasteiger partial charge in [0.1, 0.15) is 0 Å². The molecule has 2 N–H and O–H groups in total. The quantitative estimate of drug-likeness (QED) is 0.834. The van der Waals surface area contributed by atoms with Crippen molar-refractivity contribution >= 4 is 16.7 Å². The molecule has 0 aliphatic carbocycles. The predicted octanol–water partition coefficient (Wildman–Crippen LogP) is 2.44. The van der Waals surface area contributed by atoms with Crippen LogP contribution in [0.5, 0.6) is 0 Å². The number of carbonyl (C=O) groups is 1. The summed E-state index contributed by atoms with van der Waals surface area (Å²) >= 11 is 0. The maximum absolute atomic E-state index is 12.5. The molecule has 3 nitrogen and oxygen atoms in total. The second-order valence-corrected chi connectivity index (χ2v) is 6.25. The van der Waals surface area contributed by atoms with E-state index >= 15 is 0 Å². The summed E-state index contributed by atoms with van der Waals surface area (Å²) in [4.78, 5) is 12.5. The van der Waals surface area contributed by atoms with Crippen LogP contribution in [0.3, 0.4) is 0 Å². The number of hydrogen-bond acceptors (Lipinski definition) is 2. The summed E-state index contributed by atoms with van der Waals surface area (Å²) in [5, 5.41) is 8.74. The Bertz CT molecular complexity index is 790. The van der Waals surface area contributed by atoms with Crippen LogP contribution in [0.4, 0.5) is 0 Å². The highest BCUT2D eigenvalue weighted by Crippen LogP contribution is 2.28. The van der Waals surface area contributed by atoms with Gasteiger partial charge in [0.25, 0.3) is 5.91 Å². The lowest BCUT2D eigenvalue weighted by atomic mass is 9.95. The molecule has 2 saturated heterocycles. The highest BCUT2D eigenvalue weighted by Gasteiger charge is 2.39. The monoisotopic (exact) mass is 290 g/mol. The van der Waals surface area contributed by atoms with Gasteiger partial charge in [-0.3, -0.25) is 4.79 Å². The third kappa shape index (κ3) is 2.17. The lowest BCUT2D eigenvalue weighted by Crippen LogP contribution is -2.42. The van der Waals surface area contributed by atoms with Crippen molar-refractivity contribution in [2.75, 3.05) is 0 Å². The SMILES string of the molecule is C#Cc1cccc2ccc(C(=O)NC3CC4CCC3N4)cc12. The molecular formula is C19H18N2O. The van der Waals surface area contributed by atoms with Crippen molar-refractivity contribution < 1.29 is 4.79 Å². The molecule has 4 rings (SSSR count). The van der Waals surface area contributed by atoms with Crippen molar-refractivity contribution in [3.63, 3.8) is 0 Å². The van der Waals surface area contributed by atoms with Gasteiger partial charge in [-0.2, -0.15) is 0 Å². The predicted molar refractivity (Wildman–Crippen MR) is 87.7 cm³/mol. The number of carbonyl (C=O) groups excluding carboxylic acids is 1. The summed E-state index contributed by atoms with van der Waals surface area (Å²) in [5.41, 5.74) is 1.51. The molecule has 0 aromatic heterocycles. The smallest absolute Gasteiger partial charge is 0.251 e. The van der Waals surface area contributed by atoms with Crippen LogP contribution in [0.25, 0.3) is 10.8 Å². The molecule has 3 atom stereocenters. The number of nitrogens with one attached hydrogen (secondary N) is 2. The molecule has 2 heterocycles. The Kier molecular flexibility index (Phi) is 3.13. The summed E-state index contributed by atoms with van der Waals surface area (Å²) in [6.07, 6.45) is 8.99. The van der Waals surface area contributed by atoms with E-state index in [0.29, 0.717) is 17.6 Å². The summed E-state index contributed by atoms with van der Waals surface area (Å²) in [6.45, 7) is 0. The Morgan fingerprint density at radius 1 is 1.27 bits per heavy atom. The van der Waals surface area contributed by atoms with E-state index in [-0.39, 0.29) is 11.9 Å². The van der Waals surface area contributed by atoms with Gasteiger partial charge >= 0.3 is 0 Å². The van der Waals surface area contributed by atoms with Crippen LogP contribution in [0, 0.1) is 12.3 Å². The zero-order chi connectivity index (χ0) is 15.1. The van der Waals surface area contributed by atoms with Crippen molar-refractivity contribution in [2.45, 2.75) is 37.4 Å². The highest BCUT2D eigenvalue weighted by atomic mass is 16.1. The Morgan fingerprint density at radius 2 is 2.18 bits per heavy atom. The normalized spacial score (nSPS) is 26.0. The number of amides is 1. The van der Waals surface area contributed by atoms with Gasteiger partial charge in [-0.25, -0.2) is 0 Å². The standard InChI is InChI=1S/C19H18N2O/c1-2-12-4-3-5-13-6-7-14(10-16(12)13)19(22)21-18-11-15-8-9-17(18)20-15/h1,3-7,10,15,17-18,20H,8-9,11H2,(H,21,22). The van der Waals surface area contributed by atoms with Crippen molar-refractivity contribution in [2.24, 2.45) is 0 Å². The Morgan fingerprint density at radius 3 is 2.91 bits per heavy atom. The molecule has 3 heteroatoms. The zero-order valence-corrected chi connectivity index (χ0v) is 12.3. The summed E-state index contributed by atoms with van der Waals surface area (Å²) in [6, 6.07) is 12.9. The molecule has 0 saturated carbocycles. The number of terminal acetylenes is 1. The van der Waals surface area contributed by atoms with Gasteiger partial charge in [-0.05, 0) is 48.2 Å². The average Bonchev–Trinajstić information content (AvgIpc) is 3.16. The van der Waals surface area contributed by atoms with Crippen LogP contribution in [0.15, 0.2) is 36.4 Å². The maximum atomic E-state index is 12.5. The number of fused-ring (bicyclic) bond motifs is 3. The highest BCUT2D eigenvalue weighted by molar-refractivity contribution is 6.00. The molecule has 22 heavy (non-hydrogen) atoms. The van der Waals surface area contributed by atoms with Crippen LogP contribution >= 0.6 is 0 Å². The number of hydrogen-bond donors (Lipinski definition) is 2. The van der Waals surface area contributed by atoms with Gasteiger partial charge in [0, 0.05) is 29.3 Å². The Labute approximate surface area is 130 Å². The van der Waals surface area contributed by atoms with Gasteiger partial charge in [0.15, 0.2) is 0 Å². The Balaban J connectivity index is 1.61. The fraction of sp³-hybridized carbons (Fsp3) is 0.316. The van der Waals surface area contributed by atoms with Crippen LogP contribution in [0.2, 0.25) is 0 Å². The first kappa shape index (κ1) is 13.4. The lowest BCUT2D eigenvalue weighted by Gasteiger charge is -2.21. The summed E-state index contributed by atoms with van der Waals surface area (Å²) in [7, 11) is 0. The molecule has 3 unspecified atom stereocenters. The second kappa shape index (κ2) is 5.15. The molecule has 110 valence electrons. The average molecular weight is 290 g/mol. The van der Waals surface area contributed by atoms with Crippen molar-refractivity contribution in [1.82, 2.24) is 10.6 Å². The first-order valence-electron chi connectivity index (χ1n) is 7.81. The maximum Gasteiger partial charge on any atom is 0.251 e. The minimum Gasteiger partial charge on any atom is -0.348 e. The third-order valence-corrected chi connectivity index (χ3v) is 4.92. The van der Waals surface area contributed by atoms with E-state index in [2.05, 4.69) is 16.6 Å². The molecule has 2 aliphatic heterocycles.